The predicted octanol–water partition coefficient (Wildman–Crippen LogP) is 2.27. The van der Waals surface area contributed by atoms with E-state index in [4.69, 9.17) is 4.74 Å². The first-order chi connectivity index (χ1) is 10.3. The normalized spacial score (nSPS) is 13.5. The quantitative estimate of drug-likeness (QED) is 0.616. The van der Waals surface area contributed by atoms with Gasteiger partial charge in [-0.1, -0.05) is 43.7 Å². The number of esters is 1. The van der Waals surface area contributed by atoms with Gasteiger partial charge in [-0.05, 0) is 25.0 Å². The second-order valence-electron chi connectivity index (χ2n) is 5.39. The molecule has 1 N–H and O–H groups in total. The van der Waals surface area contributed by atoms with Crippen molar-refractivity contribution >= 4 is 16.0 Å². The molecule has 1 rings (SSSR count). The summed E-state index contributed by atoms with van der Waals surface area (Å²) < 4.78 is 31.4. The number of benzene rings is 1. The van der Waals surface area contributed by atoms with E-state index in [1.807, 2.05) is 20.8 Å². The first-order valence-electron chi connectivity index (χ1n) is 7.08. The van der Waals surface area contributed by atoms with Crippen LogP contribution < -0.4 is 4.72 Å². The van der Waals surface area contributed by atoms with Crippen molar-refractivity contribution in [3.05, 3.63) is 42.0 Å². The lowest BCUT2D eigenvalue weighted by molar-refractivity contribution is -0.145. The number of methoxy groups -OCH3 is 1. The summed E-state index contributed by atoms with van der Waals surface area (Å²) in [5.74, 6) is -0.626. The van der Waals surface area contributed by atoms with E-state index in [1.54, 1.807) is 36.4 Å². The molecular formula is C16H23NO4S. The first-order valence-corrected chi connectivity index (χ1v) is 8.57. The number of nitrogens with one attached hydrogen (secondary N) is 1. The van der Waals surface area contributed by atoms with Crippen LogP contribution in [0.3, 0.4) is 0 Å². The molecule has 0 aromatic heterocycles. The summed E-state index contributed by atoms with van der Waals surface area (Å²) in [5, 5.41) is 0. The minimum atomic E-state index is -3.54. The molecule has 0 saturated carbocycles. The zero-order chi connectivity index (χ0) is 16.8. The molecule has 0 heterocycles. The average Bonchev–Trinajstić information content (AvgIpc) is 2.46. The van der Waals surface area contributed by atoms with Crippen LogP contribution in [0.15, 0.2) is 41.3 Å². The lowest BCUT2D eigenvalue weighted by Crippen LogP contribution is -2.24. The number of carbonyl (C=O) groups is 1. The minimum absolute atomic E-state index is 0.0809. The Kier molecular flexibility index (Phi) is 6.77. The van der Waals surface area contributed by atoms with Gasteiger partial charge in [0.1, 0.15) is 0 Å². The summed E-state index contributed by atoms with van der Waals surface area (Å²) in [4.78, 5) is 11.8. The van der Waals surface area contributed by atoms with Gasteiger partial charge in [0.05, 0.1) is 17.9 Å². The standard InChI is InChI=1S/C16H23NO4S/c1-12(2)15(16(18)21-4)6-5-11-17-22(19,20)14-9-7-13(3)8-10-14/h5-10,12,15,17H,11H2,1-4H3/b6-5+/t15-/m1/s1. The monoisotopic (exact) mass is 325 g/mol. The third-order valence-corrected chi connectivity index (χ3v) is 4.70. The second-order valence-corrected chi connectivity index (χ2v) is 7.15. The molecule has 0 aliphatic heterocycles. The van der Waals surface area contributed by atoms with Gasteiger partial charge in [0, 0.05) is 6.54 Å². The molecule has 0 fully saturated rings. The fourth-order valence-electron chi connectivity index (χ4n) is 1.88. The van der Waals surface area contributed by atoms with Crippen LogP contribution in [0.1, 0.15) is 19.4 Å². The van der Waals surface area contributed by atoms with E-state index in [-0.39, 0.29) is 29.2 Å². The Balaban J connectivity index is 2.67. The maximum absolute atomic E-state index is 12.1. The van der Waals surface area contributed by atoms with Crippen molar-refractivity contribution in [2.24, 2.45) is 11.8 Å². The van der Waals surface area contributed by atoms with Crippen LogP contribution in [-0.4, -0.2) is 28.0 Å². The molecule has 0 saturated heterocycles. The highest BCUT2D eigenvalue weighted by Crippen LogP contribution is 2.14. The van der Waals surface area contributed by atoms with E-state index >= 15 is 0 Å². The molecular weight excluding hydrogens is 302 g/mol. The van der Waals surface area contributed by atoms with Gasteiger partial charge in [-0.25, -0.2) is 13.1 Å². The van der Waals surface area contributed by atoms with E-state index < -0.39 is 10.0 Å². The number of ether oxygens (including phenoxy) is 1. The molecule has 0 radical (unpaired) electrons. The van der Waals surface area contributed by atoms with Crippen LogP contribution in [-0.2, 0) is 19.6 Å². The topological polar surface area (TPSA) is 72.5 Å². The predicted molar refractivity (Wildman–Crippen MR) is 85.9 cm³/mol. The van der Waals surface area contributed by atoms with Gasteiger partial charge in [0.25, 0.3) is 0 Å². The lowest BCUT2D eigenvalue weighted by Gasteiger charge is -2.13. The summed E-state index contributed by atoms with van der Waals surface area (Å²) in [6.45, 7) is 5.83. The van der Waals surface area contributed by atoms with Crippen LogP contribution in [0, 0.1) is 18.8 Å². The molecule has 0 bridgehead atoms. The summed E-state index contributed by atoms with van der Waals surface area (Å²) in [7, 11) is -2.20. The molecule has 22 heavy (non-hydrogen) atoms. The van der Waals surface area contributed by atoms with E-state index in [0.29, 0.717) is 0 Å². The smallest absolute Gasteiger partial charge is 0.312 e. The van der Waals surface area contributed by atoms with Crippen molar-refractivity contribution in [2.45, 2.75) is 25.7 Å². The molecule has 1 aromatic rings. The number of hydrogen-bond acceptors (Lipinski definition) is 4. The average molecular weight is 325 g/mol. The fourth-order valence-corrected chi connectivity index (χ4v) is 2.86. The Labute approximate surface area is 132 Å². The third kappa shape index (κ3) is 5.27. The molecule has 0 amide bonds. The van der Waals surface area contributed by atoms with Gasteiger partial charge in [-0.3, -0.25) is 4.79 Å². The highest BCUT2D eigenvalue weighted by atomic mass is 32.2. The highest BCUT2D eigenvalue weighted by Gasteiger charge is 2.19. The van der Waals surface area contributed by atoms with Crippen molar-refractivity contribution in [3.63, 3.8) is 0 Å². The summed E-state index contributed by atoms with van der Waals surface area (Å²) in [6.07, 6.45) is 3.31. The van der Waals surface area contributed by atoms with Crippen molar-refractivity contribution in [1.82, 2.24) is 4.72 Å². The van der Waals surface area contributed by atoms with Crippen LogP contribution in [0.5, 0.6) is 0 Å². The largest absolute Gasteiger partial charge is 0.469 e. The van der Waals surface area contributed by atoms with Gasteiger partial charge in [0.15, 0.2) is 0 Å². The number of aryl methyl sites for hydroxylation is 1. The molecule has 5 nitrogen and oxygen atoms in total. The Morgan fingerprint density at radius 3 is 2.36 bits per heavy atom. The Morgan fingerprint density at radius 1 is 1.27 bits per heavy atom. The van der Waals surface area contributed by atoms with Gasteiger partial charge in [-0.15, -0.1) is 0 Å². The maximum atomic E-state index is 12.1. The molecule has 122 valence electrons. The first kappa shape index (κ1) is 18.4. The number of rotatable bonds is 7. The molecule has 0 spiro atoms. The summed E-state index contributed by atoms with van der Waals surface area (Å²) >= 11 is 0. The van der Waals surface area contributed by atoms with E-state index in [9.17, 15) is 13.2 Å². The van der Waals surface area contributed by atoms with Crippen LogP contribution in [0.25, 0.3) is 0 Å². The maximum Gasteiger partial charge on any atom is 0.312 e. The summed E-state index contributed by atoms with van der Waals surface area (Å²) in [5.41, 5.74) is 0.997. The molecule has 6 heteroatoms. The Bertz CT molecular complexity index is 618. The molecule has 1 aromatic carbocycles. The van der Waals surface area contributed by atoms with Crippen molar-refractivity contribution in [1.29, 1.82) is 0 Å². The minimum Gasteiger partial charge on any atom is -0.469 e. The van der Waals surface area contributed by atoms with Crippen molar-refractivity contribution in [3.8, 4) is 0 Å². The van der Waals surface area contributed by atoms with Crippen molar-refractivity contribution < 1.29 is 17.9 Å². The van der Waals surface area contributed by atoms with Gasteiger partial charge in [-0.2, -0.15) is 0 Å². The van der Waals surface area contributed by atoms with E-state index in [2.05, 4.69) is 4.72 Å². The van der Waals surface area contributed by atoms with Gasteiger partial charge < -0.3 is 4.74 Å². The highest BCUT2D eigenvalue weighted by molar-refractivity contribution is 7.89. The number of carbonyl (C=O) groups excluding carboxylic acids is 1. The third-order valence-electron chi connectivity index (χ3n) is 3.26. The van der Waals surface area contributed by atoms with Crippen LogP contribution in [0.2, 0.25) is 0 Å². The van der Waals surface area contributed by atoms with Crippen molar-refractivity contribution in [2.75, 3.05) is 13.7 Å². The fraction of sp³-hybridized carbons (Fsp3) is 0.438. The zero-order valence-electron chi connectivity index (χ0n) is 13.4. The zero-order valence-corrected chi connectivity index (χ0v) is 14.2. The lowest BCUT2D eigenvalue weighted by atomic mass is 9.95. The Morgan fingerprint density at radius 2 is 1.86 bits per heavy atom. The second kappa shape index (κ2) is 8.10. The van der Waals surface area contributed by atoms with Gasteiger partial charge in [0.2, 0.25) is 10.0 Å². The summed E-state index contributed by atoms with van der Waals surface area (Å²) in [6, 6.07) is 6.62. The van der Waals surface area contributed by atoms with Crippen LogP contribution >= 0.6 is 0 Å². The molecule has 0 unspecified atom stereocenters. The Hall–Kier alpha value is -1.66. The van der Waals surface area contributed by atoms with Gasteiger partial charge >= 0.3 is 5.97 Å². The number of sulfonamides is 1. The SMILES string of the molecule is COC(=O)[C@H](/C=C/CNS(=O)(=O)c1ccc(C)cc1)C(C)C. The number of hydrogen-bond donors (Lipinski definition) is 1. The molecule has 0 aliphatic rings. The van der Waals surface area contributed by atoms with Crippen LogP contribution in [0.4, 0.5) is 0 Å². The molecule has 1 atom stereocenters. The van der Waals surface area contributed by atoms with E-state index in [1.165, 1.54) is 7.11 Å². The van der Waals surface area contributed by atoms with E-state index in [0.717, 1.165) is 5.56 Å². The molecule has 0 aliphatic carbocycles.